The van der Waals surface area contributed by atoms with Gasteiger partial charge in [0.1, 0.15) is 0 Å². The lowest BCUT2D eigenvalue weighted by Crippen LogP contribution is -2.50. The third kappa shape index (κ3) is 7.91. The molecule has 0 aromatic rings. The Hall–Kier alpha value is -0.120. The van der Waals surface area contributed by atoms with Gasteiger partial charge in [-0.05, 0) is 19.4 Å². The van der Waals surface area contributed by atoms with Gasteiger partial charge in [0.15, 0.2) is 0 Å². The van der Waals surface area contributed by atoms with E-state index in [9.17, 15) is 0 Å². The quantitative estimate of drug-likeness (QED) is 0.811. The van der Waals surface area contributed by atoms with Gasteiger partial charge in [-0.25, -0.2) is 0 Å². The van der Waals surface area contributed by atoms with Gasteiger partial charge in [0.2, 0.25) is 0 Å². The molecule has 2 fully saturated rings. The van der Waals surface area contributed by atoms with Crippen molar-refractivity contribution in [2.75, 3.05) is 32.7 Å². The Labute approximate surface area is 123 Å². The molecule has 0 bridgehead atoms. The Balaban J connectivity index is -0.000000444. The van der Waals surface area contributed by atoms with Gasteiger partial charge in [-0.2, -0.15) is 0 Å². The molecule has 0 unspecified atom stereocenters. The molecule has 3 N–H and O–H groups in total. The van der Waals surface area contributed by atoms with Crippen LogP contribution in [-0.4, -0.2) is 48.6 Å². The maximum absolute atomic E-state index is 2.74. The first-order chi connectivity index (χ1) is 8.90. The van der Waals surface area contributed by atoms with Crippen molar-refractivity contribution in [3.05, 3.63) is 0 Å². The molecule has 0 spiro atoms. The molecule has 1 aliphatic heterocycles. The first-order valence-electron chi connectivity index (χ1n) is 8.36. The number of likely N-dealkylation sites (N-methyl/N-ethyl adjacent to an activating group) is 1. The lowest BCUT2D eigenvalue weighted by Gasteiger charge is -2.40. The second kappa shape index (κ2) is 14.3. The second-order valence-corrected chi connectivity index (χ2v) is 4.76. The van der Waals surface area contributed by atoms with E-state index in [1.165, 1.54) is 64.8 Å². The van der Waals surface area contributed by atoms with Crippen molar-refractivity contribution in [3.8, 4) is 0 Å². The Kier molecular flexibility index (Phi) is 15.9. The summed E-state index contributed by atoms with van der Waals surface area (Å²) in [7, 11) is 0. The van der Waals surface area contributed by atoms with Crippen LogP contribution in [0.1, 0.15) is 68.1 Å². The van der Waals surface area contributed by atoms with Gasteiger partial charge in [0, 0.05) is 33.6 Å². The molecule has 1 saturated carbocycles. The molecule has 0 amide bonds. The zero-order valence-electron chi connectivity index (χ0n) is 14.2. The van der Waals surface area contributed by atoms with Gasteiger partial charge in [0.25, 0.3) is 0 Å². The Bertz CT molecular complexity index is 165. The Morgan fingerprint density at radius 2 is 1.32 bits per heavy atom. The summed E-state index contributed by atoms with van der Waals surface area (Å²) in [6.45, 7) is 16.7. The average Bonchev–Trinajstić information content (AvgIpc) is 2.52. The fraction of sp³-hybridized carbons (Fsp3) is 1.00. The van der Waals surface area contributed by atoms with Gasteiger partial charge in [-0.15, -0.1) is 0 Å². The highest BCUT2D eigenvalue weighted by Gasteiger charge is 2.24. The molecule has 120 valence electrons. The van der Waals surface area contributed by atoms with Crippen molar-refractivity contribution >= 4 is 0 Å². The van der Waals surface area contributed by atoms with E-state index >= 15 is 0 Å². The molecule has 19 heavy (non-hydrogen) atoms. The van der Waals surface area contributed by atoms with Crippen molar-refractivity contribution in [1.29, 1.82) is 0 Å². The van der Waals surface area contributed by atoms with E-state index in [-0.39, 0.29) is 7.58 Å². The van der Waals surface area contributed by atoms with E-state index in [2.05, 4.69) is 16.7 Å². The standard InChI is InChI=1S/C12H24N2.2C2H6.H3N.H2/c1-2-13-8-10-14(11-9-13)12-6-4-3-5-7-12;2*1-2;;/h12H,2-11H2,1H3;2*1-2H3;1H3;1H. The van der Waals surface area contributed by atoms with Crippen LogP contribution in [0.15, 0.2) is 0 Å². The molecule has 3 nitrogen and oxygen atoms in total. The molecule has 1 aliphatic carbocycles. The van der Waals surface area contributed by atoms with E-state index in [1.807, 2.05) is 27.7 Å². The molecular weight excluding hydrogens is 234 g/mol. The van der Waals surface area contributed by atoms with E-state index in [0.717, 1.165) is 6.04 Å². The lowest BCUT2D eigenvalue weighted by atomic mass is 9.94. The number of nitrogens with zero attached hydrogens (tertiary/aromatic N) is 2. The summed E-state index contributed by atoms with van der Waals surface area (Å²) >= 11 is 0. The van der Waals surface area contributed by atoms with Crippen molar-refractivity contribution in [3.63, 3.8) is 0 Å². The summed E-state index contributed by atoms with van der Waals surface area (Å²) in [5.41, 5.74) is 0. The zero-order chi connectivity index (χ0) is 13.8. The summed E-state index contributed by atoms with van der Waals surface area (Å²) in [6, 6.07) is 0.933. The fourth-order valence-corrected chi connectivity index (χ4v) is 2.89. The lowest BCUT2D eigenvalue weighted by molar-refractivity contribution is 0.0817. The first-order valence-corrected chi connectivity index (χ1v) is 8.36. The summed E-state index contributed by atoms with van der Waals surface area (Å²) in [5.74, 6) is 0. The van der Waals surface area contributed by atoms with Gasteiger partial charge in [0.05, 0.1) is 0 Å². The highest BCUT2D eigenvalue weighted by atomic mass is 15.3. The summed E-state index contributed by atoms with van der Waals surface area (Å²) in [4.78, 5) is 5.31. The second-order valence-electron chi connectivity index (χ2n) is 4.76. The molecule has 0 atom stereocenters. The minimum atomic E-state index is 0. The number of hydrogen-bond acceptors (Lipinski definition) is 3. The van der Waals surface area contributed by atoms with Crippen molar-refractivity contribution in [2.24, 2.45) is 0 Å². The number of hydrogen-bond donors (Lipinski definition) is 1. The third-order valence-electron chi connectivity index (χ3n) is 3.95. The van der Waals surface area contributed by atoms with Crippen LogP contribution in [0.25, 0.3) is 0 Å². The molecule has 0 aromatic carbocycles. The number of rotatable bonds is 2. The van der Waals surface area contributed by atoms with Gasteiger partial charge < -0.3 is 11.1 Å². The summed E-state index contributed by atoms with van der Waals surface area (Å²) in [5, 5.41) is 0. The molecule has 2 aliphatic rings. The summed E-state index contributed by atoms with van der Waals surface area (Å²) in [6.07, 6.45) is 7.35. The molecule has 0 aromatic heterocycles. The predicted molar refractivity (Wildman–Crippen MR) is 90.4 cm³/mol. The van der Waals surface area contributed by atoms with Gasteiger partial charge >= 0.3 is 0 Å². The fourth-order valence-electron chi connectivity index (χ4n) is 2.89. The minimum Gasteiger partial charge on any atom is -0.344 e. The van der Waals surface area contributed by atoms with Crippen molar-refractivity contribution in [2.45, 2.75) is 72.8 Å². The van der Waals surface area contributed by atoms with E-state index in [0.29, 0.717) is 0 Å². The zero-order valence-corrected chi connectivity index (χ0v) is 14.2. The Morgan fingerprint density at radius 3 is 1.74 bits per heavy atom. The van der Waals surface area contributed by atoms with Gasteiger partial charge in [-0.1, -0.05) is 53.9 Å². The van der Waals surface area contributed by atoms with Crippen LogP contribution in [-0.2, 0) is 0 Å². The molecule has 3 heteroatoms. The van der Waals surface area contributed by atoms with Crippen LogP contribution < -0.4 is 6.15 Å². The Morgan fingerprint density at radius 1 is 0.842 bits per heavy atom. The van der Waals surface area contributed by atoms with Crippen LogP contribution in [0.2, 0.25) is 0 Å². The predicted octanol–water partition coefficient (Wildman–Crippen LogP) is 4.42. The van der Waals surface area contributed by atoms with Crippen LogP contribution in [0.3, 0.4) is 0 Å². The highest BCUT2D eigenvalue weighted by Crippen LogP contribution is 2.23. The molecule has 1 saturated heterocycles. The summed E-state index contributed by atoms with van der Waals surface area (Å²) < 4.78 is 0. The maximum Gasteiger partial charge on any atom is 0.0113 e. The van der Waals surface area contributed by atoms with Crippen LogP contribution in [0, 0.1) is 0 Å². The largest absolute Gasteiger partial charge is 0.344 e. The maximum atomic E-state index is 2.74. The monoisotopic (exact) mass is 275 g/mol. The smallest absolute Gasteiger partial charge is 0.0113 e. The molecule has 0 radical (unpaired) electrons. The highest BCUT2D eigenvalue weighted by molar-refractivity contribution is 4.80. The van der Waals surface area contributed by atoms with Crippen molar-refractivity contribution < 1.29 is 1.43 Å². The van der Waals surface area contributed by atoms with Crippen molar-refractivity contribution in [1.82, 2.24) is 16.0 Å². The first kappa shape index (κ1) is 21.2. The van der Waals surface area contributed by atoms with Crippen LogP contribution in [0.5, 0.6) is 0 Å². The third-order valence-corrected chi connectivity index (χ3v) is 3.95. The van der Waals surface area contributed by atoms with Gasteiger partial charge in [-0.3, -0.25) is 4.90 Å². The minimum absolute atomic E-state index is 0. The molecular formula is C16H41N3. The van der Waals surface area contributed by atoms with Crippen LogP contribution >= 0.6 is 0 Å². The average molecular weight is 276 g/mol. The SMILES string of the molecule is CC.CC.CCN1CCN(C2CCCCC2)CC1.N.[HH]. The van der Waals surface area contributed by atoms with E-state index < -0.39 is 0 Å². The molecule has 2 rings (SSSR count). The topological polar surface area (TPSA) is 41.5 Å². The molecule has 1 heterocycles. The van der Waals surface area contributed by atoms with Crippen LogP contribution in [0.4, 0.5) is 0 Å². The van der Waals surface area contributed by atoms with E-state index in [4.69, 9.17) is 0 Å². The van der Waals surface area contributed by atoms with E-state index in [1.54, 1.807) is 0 Å². The normalized spacial score (nSPS) is 21.3. The number of piperazine rings is 1.